The molecule has 4 aromatic rings. The maximum absolute atomic E-state index is 14.2. The molecule has 0 fully saturated rings. The molecule has 0 saturated carbocycles. The molecular weight excluding hydrogens is 510 g/mol. The van der Waals surface area contributed by atoms with Crippen LogP contribution in [0.2, 0.25) is 5.02 Å². The van der Waals surface area contributed by atoms with Gasteiger partial charge in [0.25, 0.3) is 0 Å². The molecule has 8 nitrogen and oxygen atoms in total. The Labute approximate surface area is 216 Å². The lowest BCUT2D eigenvalue weighted by molar-refractivity contribution is -0.152. The zero-order chi connectivity index (χ0) is 26.7. The number of aromatic nitrogens is 4. The molecule has 13 heteroatoms. The van der Waals surface area contributed by atoms with Crippen LogP contribution in [-0.4, -0.2) is 46.7 Å². The molecular formula is C24H22BClF3N5O3. The van der Waals surface area contributed by atoms with E-state index in [1.54, 1.807) is 18.6 Å². The van der Waals surface area contributed by atoms with Crippen LogP contribution in [0.25, 0.3) is 16.6 Å². The summed E-state index contributed by atoms with van der Waals surface area (Å²) in [6.45, 7) is -0.309. The van der Waals surface area contributed by atoms with Crippen molar-refractivity contribution >= 4 is 36.3 Å². The second kappa shape index (κ2) is 11.2. The van der Waals surface area contributed by atoms with E-state index in [0.29, 0.717) is 28.2 Å². The van der Waals surface area contributed by atoms with E-state index >= 15 is 0 Å². The highest BCUT2D eigenvalue weighted by Crippen LogP contribution is 2.32. The van der Waals surface area contributed by atoms with Crippen molar-refractivity contribution in [2.24, 2.45) is 0 Å². The fourth-order valence-corrected chi connectivity index (χ4v) is 4.24. The Morgan fingerprint density at radius 1 is 1.24 bits per heavy atom. The van der Waals surface area contributed by atoms with Crippen molar-refractivity contribution in [2.75, 3.05) is 6.61 Å². The van der Waals surface area contributed by atoms with E-state index in [1.807, 2.05) is 32.0 Å². The van der Waals surface area contributed by atoms with Crippen molar-refractivity contribution in [1.29, 1.82) is 0 Å². The molecule has 1 atom stereocenters. The number of nitrogens with zero attached hydrogens (tertiary/aromatic N) is 4. The highest BCUT2D eigenvalue weighted by molar-refractivity contribution is 6.31. The van der Waals surface area contributed by atoms with Crippen molar-refractivity contribution in [3.8, 4) is 11.4 Å². The van der Waals surface area contributed by atoms with Crippen LogP contribution >= 0.6 is 11.6 Å². The van der Waals surface area contributed by atoms with Crippen LogP contribution in [0.5, 0.6) is 5.75 Å². The molecule has 0 spiro atoms. The number of ether oxygens (including phenoxy) is 2. The molecule has 37 heavy (non-hydrogen) atoms. The number of para-hydroxylation sites is 1. The van der Waals surface area contributed by atoms with Crippen LogP contribution in [0.3, 0.4) is 0 Å². The average molecular weight is 532 g/mol. The third kappa shape index (κ3) is 6.03. The first-order valence-corrected chi connectivity index (χ1v) is 11.6. The van der Waals surface area contributed by atoms with Gasteiger partial charge in [0.05, 0.1) is 10.7 Å². The maximum Gasteiger partial charge on any atom is 0.345 e. The molecule has 0 saturated heterocycles. The number of amides is 1. The molecule has 0 aliphatic heterocycles. The van der Waals surface area contributed by atoms with Crippen LogP contribution < -0.4 is 10.1 Å². The largest absolute Gasteiger partial charge is 0.487 e. The number of hydrogen-bond donors (Lipinski definition) is 1. The Kier molecular flexibility index (Phi) is 7.99. The molecule has 192 valence electrons. The number of alkyl halides is 2. The Hall–Kier alpha value is -3.64. The smallest absolute Gasteiger partial charge is 0.345 e. The van der Waals surface area contributed by atoms with E-state index in [2.05, 4.69) is 25.1 Å². The van der Waals surface area contributed by atoms with Gasteiger partial charge in [-0.25, -0.2) is 19.0 Å². The van der Waals surface area contributed by atoms with Crippen LogP contribution in [0.1, 0.15) is 28.6 Å². The van der Waals surface area contributed by atoms with Crippen LogP contribution in [0.15, 0.2) is 42.7 Å². The van der Waals surface area contributed by atoms with Gasteiger partial charge in [-0.1, -0.05) is 23.7 Å². The Morgan fingerprint density at radius 2 is 2.03 bits per heavy atom. The summed E-state index contributed by atoms with van der Waals surface area (Å²) in [6, 6.07) is 9.68. The summed E-state index contributed by atoms with van der Waals surface area (Å²) in [6.07, 6.45) is 1.47. The number of rotatable bonds is 9. The average Bonchev–Trinajstić information content (AvgIpc) is 3.27. The molecule has 0 bridgehead atoms. The van der Waals surface area contributed by atoms with Crippen molar-refractivity contribution in [3.63, 3.8) is 0 Å². The second-order valence-electron chi connectivity index (χ2n) is 8.26. The van der Waals surface area contributed by atoms with E-state index < -0.39 is 30.9 Å². The van der Waals surface area contributed by atoms with Crippen molar-refractivity contribution in [1.82, 2.24) is 25.1 Å². The van der Waals surface area contributed by atoms with Crippen molar-refractivity contribution in [3.05, 3.63) is 76.2 Å². The molecule has 1 N–H and O–H groups in total. The van der Waals surface area contributed by atoms with Gasteiger partial charge in [0.1, 0.15) is 50.3 Å². The molecule has 2 aromatic heterocycles. The number of pyridine rings is 1. The third-order valence-corrected chi connectivity index (χ3v) is 5.94. The van der Waals surface area contributed by atoms with Gasteiger partial charge in [0.2, 0.25) is 5.91 Å². The van der Waals surface area contributed by atoms with E-state index in [9.17, 15) is 18.0 Å². The summed E-state index contributed by atoms with van der Waals surface area (Å²) in [4.78, 5) is 20.8. The van der Waals surface area contributed by atoms with Crippen molar-refractivity contribution in [2.45, 2.75) is 33.0 Å². The summed E-state index contributed by atoms with van der Waals surface area (Å²) < 4.78 is 50.5. The van der Waals surface area contributed by atoms with E-state index in [4.69, 9.17) is 16.3 Å². The quantitative estimate of drug-likeness (QED) is 0.331. The molecule has 0 radical (unpaired) electrons. The van der Waals surface area contributed by atoms with Crippen LogP contribution in [0.4, 0.5) is 13.2 Å². The summed E-state index contributed by atoms with van der Waals surface area (Å²) in [5.41, 5.74) is 2.85. The van der Waals surface area contributed by atoms with E-state index in [-0.39, 0.29) is 11.6 Å². The zero-order valence-corrected chi connectivity index (χ0v) is 20.9. The first-order chi connectivity index (χ1) is 17.6. The van der Waals surface area contributed by atoms with Gasteiger partial charge in [-0.3, -0.25) is 4.79 Å². The fraction of sp³-hybridized carbons (Fsp3) is 0.250. The number of hydrogen-bond acceptors (Lipinski definition) is 6. The second-order valence-corrected chi connectivity index (χ2v) is 8.67. The predicted molar refractivity (Wildman–Crippen MR) is 133 cm³/mol. The normalized spacial score (nSPS) is 12.2. The third-order valence-electron chi connectivity index (χ3n) is 5.61. The summed E-state index contributed by atoms with van der Waals surface area (Å²) in [5, 5.41) is 7.67. The fourth-order valence-electron chi connectivity index (χ4n) is 3.97. The van der Waals surface area contributed by atoms with Crippen LogP contribution in [0, 0.1) is 19.7 Å². The minimum absolute atomic E-state index is 0.0748. The zero-order valence-electron chi connectivity index (χ0n) is 20.1. The lowest BCUT2D eigenvalue weighted by atomic mass is 9.86. The summed E-state index contributed by atoms with van der Waals surface area (Å²) in [5.74, 6) is -1.02. The Balaban J connectivity index is 1.64. The minimum Gasteiger partial charge on any atom is -0.487 e. The highest BCUT2D eigenvalue weighted by atomic mass is 35.5. The predicted octanol–water partition coefficient (Wildman–Crippen LogP) is 3.79. The van der Waals surface area contributed by atoms with Gasteiger partial charge < -0.3 is 14.8 Å². The minimum atomic E-state index is -3.08. The van der Waals surface area contributed by atoms with E-state index in [0.717, 1.165) is 22.8 Å². The first kappa shape index (κ1) is 26.4. The number of nitrogens with one attached hydrogen (secondary N) is 1. The standard InChI is InChI=1S/C24H22BClF3N5O3/c1-12-6-19(34-13(2)30-11-31-34)15-4-3-5-20(22(15)32-12)36-9-17-16(7-14(27)8-18(17)26)23(25)33-21(35)10-37-24(28)29/h3-8,11,23-24H,9-10,25H2,1-2H3,(H,33,35)/t23-/m0/s1. The lowest BCUT2D eigenvalue weighted by Crippen LogP contribution is -2.33. The first-order valence-electron chi connectivity index (χ1n) is 11.2. The lowest BCUT2D eigenvalue weighted by Gasteiger charge is -2.20. The number of carbonyl (C=O) groups is 1. The molecule has 0 aliphatic rings. The van der Waals surface area contributed by atoms with Gasteiger partial charge in [-0.05, 0) is 43.7 Å². The number of fused-ring (bicyclic) bond motifs is 1. The van der Waals surface area contributed by atoms with Crippen LogP contribution in [-0.2, 0) is 16.1 Å². The van der Waals surface area contributed by atoms with Gasteiger partial charge in [-0.2, -0.15) is 13.9 Å². The SMILES string of the molecule is B[C@@H](NC(=O)COC(F)F)c1cc(F)cc(Cl)c1COc1cccc2c(-n3ncnc3C)cc(C)nc12. The molecule has 2 heterocycles. The summed E-state index contributed by atoms with van der Waals surface area (Å²) >= 11 is 6.35. The molecule has 0 aliphatic carbocycles. The van der Waals surface area contributed by atoms with Gasteiger partial charge >= 0.3 is 6.61 Å². The van der Waals surface area contributed by atoms with Gasteiger partial charge in [-0.15, -0.1) is 0 Å². The Bertz CT molecular complexity index is 1450. The monoisotopic (exact) mass is 531 g/mol. The molecule has 4 rings (SSSR count). The number of benzene rings is 2. The number of aryl methyl sites for hydroxylation is 2. The Morgan fingerprint density at radius 3 is 2.73 bits per heavy atom. The number of halogens is 4. The molecule has 2 aromatic carbocycles. The molecule has 1 amide bonds. The van der Waals surface area contributed by atoms with E-state index in [1.165, 1.54) is 12.4 Å². The van der Waals surface area contributed by atoms with Gasteiger partial charge in [0.15, 0.2) is 0 Å². The number of carbonyl (C=O) groups excluding carboxylic acids is 1. The molecule has 0 unspecified atom stereocenters. The van der Waals surface area contributed by atoms with Crippen molar-refractivity contribution < 1.29 is 27.4 Å². The summed E-state index contributed by atoms with van der Waals surface area (Å²) in [7, 11) is 1.57. The maximum atomic E-state index is 14.2. The highest BCUT2D eigenvalue weighted by Gasteiger charge is 2.20. The topological polar surface area (TPSA) is 91.2 Å². The van der Waals surface area contributed by atoms with Gasteiger partial charge in [0, 0.05) is 22.6 Å².